The smallest absolute Gasteiger partial charge is 0.335 e. The number of nitrogens with zero attached hydrogens (tertiary/aromatic N) is 1. The summed E-state index contributed by atoms with van der Waals surface area (Å²) in [6.07, 6.45) is -0.459. The number of morpholine rings is 1. The molecule has 0 radical (unpaired) electrons. The van der Waals surface area contributed by atoms with Crippen LogP contribution in [0.3, 0.4) is 0 Å². The van der Waals surface area contributed by atoms with E-state index in [1.807, 2.05) is 0 Å². The van der Waals surface area contributed by atoms with Gasteiger partial charge < -0.3 is 14.6 Å². The monoisotopic (exact) mass is 329 g/mol. The third-order valence-corrected chi connectivity index (χ3v) is 5.27. The van der Waals surface area contributed by atoms with Gasteiger partial charge in [-0.25, -0.2) is 13.2 Å². The van der Waals surface area contributed by atoms with Gasteiger partial charge in [0, 0.05) is 13.1 Å². The van der Waals surface area contributed by atoms with Gasteiger partial charge in [0.15, 0.2) is 0 Å². The van der Waals surface area contributed by atoms with E-state index in [9.17, 15) is 13.2 Å². The minimum atomic E-state index is -3.86. The zero-order chi connectivity index (χ0) is 16.5. The maximum atomic E-state index is 12.8. The third-order valence-electron chi connectivity index (χ3n) is 3.41. The first-order chi connectivity index (χ1) is 10.3. The van der Waals surface area contributed by atoms with Crippen LogP contribution in [-0.4, -0.2) is 56.2 Å². The van der Waals surface area contributed by atoms with Gasteiger partial charge in [0.05, 0.1) is 24.9 Å². The second-order valence-electron chi connectivity index (χ2n) is 5.25. The van der Waals surface area contributed by atoms with Crippen LogP contribution in [0.5, 0.6) is 5.75 Å². The van der Waals surface area contributed by atoms with Crippen molar-refractivity contribution >= 4 is 16.0 Å². The van der Waals surface area contributed by atoms with Crippen molar-refractivity contribution in [3.05, 3.63) is 23.8 Å². The van der Waals surface area contributed by atoms with Crippen molar-refractivity contribution in [3.63, 3.8) is 0 Å². The van der Waals surface area contributed by atoms with Gasteiger partial charge in [-0.3, -0.25) is 0 Å². The fourth-order valence-corrected chi connectivity index (χ4v) is 4.25. The summed E-state index contributed by atoms with van der Waals surface area (Å²) in [5.74, 6) is -1.07. The molecule has 8 heteroatoms. The maximum Gasteiger partial charge on any atom is 0.335 e. The molecule has 0 saturated carbocycles. The zero-order valence-electron chi connectivity index (χ0n) is 12.6. The number of benzene rings is 1. The number of methoxy groups -OCH3 is 1. The summed E-state index contributed by atoms with van der Waals surface area (Å²) in [7, 11) is -2.52. The highest BCUT2D eigenvalue weighted by Gasteiger charge is 2.34. The Morgan fingerprint density at radius 2 is 1.91 bits per heavy atom. The number of hydrogen-bond acceptors (Lipinski definition) is 5. The second-order valence-corrected chi connectivity index (χ2v) is 7.16. The van der Waals surface area contributed by atoms with E-state index in [1.165, 1.54) is 23.5 Å². The second kappa shape index (κ2) is 6.23. The first-order valence-corrected chi connectivity index (χ1v) is 8.26. The Balaban J connectivity index is 2.48. The molecule has 1 fully saturated rings. The number of sulfonamides is 1. The van der Waals surface area contributed by atoms with E-state index >= 15 is 0 Å². The van der Waals surface area contributed by atoms with Crippen LogP contribution >= 0.6 is 0 Å². The van der Waals surface area contributed by atoms with Crippen molar-refractivity contribution in [1.29, 1.82) is 0 Å². The quantitative estimate of drug-likeness (QED) is 0.892. The van der Waals surface area contributed by atoms with Gasteiger partial charge in [0.1, 0.15) is 10.6 Å². The lowest BCUT2D eigenvalue weighted by atomic mass is 10.2. The maximum absolute atomic E-state index is 12.8. The van der Waals surface area contributed by atoms with E-state index in [0.29, 0.717) is 0 Å². The highest BCUT2D eigenvalue weighted by atomic mass is 32.2. The average molecular weight is 329 g/mol. The molecule has 0 bridgehead atoms. The van der Waals surface area contributed by atoms with Crippen LogP contribution in [0.25, 0.3) is 0 Å². The van der Waals surface area contributed by atoms with E-state index in [0.717, 1.165) is 6.07 Å². The lowest BCUT2D eigenvalue weighted by Gasteiger charge is -2.34. The lowest BCUT2D eigenvalue weighted by molar-refractivity contribution is -0.0441. The molecule has 1 saturated heterocycles. The number of carboxylic acid groups (broad SMARTS) is 1. The fourth-order valence-electron chi connectivity index (χ4n) is 2.48. The van der Waals surface area contributed by atoms with Crippen molar-refractivity contribution in [2.45, 2.75) is 31.0 Å². The van der Waals surface area contributed by atoms with Crippen molar-refractivity contribution in [2.75, 3.05) is 20.2 Å². The van der Waals surface area contributed by atoms with E-state index in [-0.39, 0.29) is 41.5 Å². The Kier molecular flexibility index (Phi) is 4.74. The molecule has 2 atom stereocenters. The highest BCUT2D eigenvalue weighted by molar-refractivity contribution is 7.89. The molecule has 1 heterocycles. The Labute approximate surface area is 129 Å². The number of ether oxygens (including phenoxy) is 2. The Bertz CT molecular complexity index is 662. The van der Waals surface area contributed by atoms with Crippen LogP contribution < -0.4 is 4.74 Å². The lowest BCUT2D eigenvalue weighted by Crippen LogP contribution is -2.48. The summed E-state index contributed by atoms with van der Waals surface area (Å²) >= 11 is 0. The van der Waals surface area contributed by atoms with Crippen molar-refractivity contribution in [2.24, 2.45) is 0 Å². The molecule has 2 rings (SSSR count). The highest BCUT2D eigenvalue weighted by Crippen LogP contribution is 2.29. The van der Waals surface area contributed by atoms with Crippen LogP contribution in [0, 0.1) is 0 Å². The largest absolute Gasteiger partial charge is 0.495 e. The van der Waals surface area contributed by atoms with Crippen molar-refractivity contribution < 1.29 is 27.8 Å². The summed E-state index contributed by atoms with van der Waals surface area (Å²) in [6, 6.07) is 3.79. The van der Waals surface area contributed by atoms with Gasteiger partial charge >= 0.3 is 5.97 Å². The Hall–Kier alpha value is -1.64. The standard InChI is InChI=1S/C14H19NO6S/c1-9-7-15(8-10(2)21-9)22(18,19)13-6-11(14(16)17)4-5-12(13)20-3/h4-6,9-10H,7-8H2,1-3H3,(H,16,17). The van der Waals surface area contributed by atoms with Crippen LogP contribution in [-0.2, 0) is 14.8 Å². The SMILES string of the molecule is COc1ccc(C(=O)O)cc1S(=O)(=O)N1CC(C)OC(C)C1. The molecule has 1 aromatic carbocycles. The molecule has 122 valence electrons. The van der Waals surface area contributed by atoms with Crippen molar-refractivity contribution in [3.8, 4) is 5.75 Å². The predicted octanol–water partition coefficient (Wildman–Crippen LogP) is 1.19. The average Bonchev–Trinajstić information content (AvgIpc) is 2.45. The first kappa shape index (κ1) is 16.7. The first-order valence-electron chi connectivity index (χ1n) is 6.82. The van der Waals surface area contributed by atoms with Gasteiger partial charge in [0.25, 0.3) is 0 Å². The Morgan fingerprint density at radius 3 is 2.41 bits per heavy atom. The molecular formula is C14H19NO6S. The van der Waals surface area contributed by atoms with Gasteiger partial charge in [0.2, 0.25) is 10.0 Å². The number of carboxylic acids is 1. The fraction of sp³-hybridized carbons (Fsp3) is 0.500. The molecule has 1 aliphatic heterocycles. The molecular weight excluding hydrogens is 310 g/mol. The number of carbonyl (C=O) groups is 1. The molecule has 1 N–H and O–H groups in total. The van der Waals surface area contributed by atoms with Crippen molar-refractivity contribution in [1.82, 2.24) is 4.31 Å². The van der Waals surface area contributed by atoms with E-state index in [1.54, 1.807) is 13.8 Å². The summed E-state index contributed by atoms with van der Waals surface area (Å²) in [5, 5.41) is 9.06. The molecule has 1 aliphatic rings. The molecule has 7 nitrogen and oxygen atoms in total. The number of hydrogen-bond donors (Lipinski definition) is 1. The van der Waals surface area contributed by atoms with E-state index in [2.05, 4.69) is 0 Å². The summed E-state index contributed by atoms with van der Waals surface area (Å²) in [4.78, 5) is 10.9. The summed E-state index contributed by atoms with van der Waals surface area (Å²) in [5.41, 5.74) is -0.103. The number of rotatable bonds is 4. The minimum Gasteiger partial charge on any atom is -0.495 e. The Morgan fingerprint density at radius 1 is 1.32 bits per heavy atom. The van der Waals surface area contributed by atoms with E-state index in [4.69, 9.17) is 14.6 Å². The minimum absolute atomic E-state index is 0.103. The van der Waals surface area contributed by atoms with Gasteiger partial charge in [-0.2, -0.15) is 4.31 Å². The topological polar surface area (TPSA) is 93.1 Å². The van der Waals surface area contributed by atoms with Gasteiger partial charge in [-0.15, -0.1) is 0 Å². The summed E-state index contributed by atoms with van der Waals surface area (Å²) < 4.78 is 37.6. The van der Waals surface area contributed by atoms with Gasteiger partial charge in [-0.1, -0.05) is 0 Å². The normalized spacial score (nSPS) is 23.2. The zero-order valence-corrected chi connectivity index (χ0v) is 13.5. The van der Waals surface area contributed by atoms with Crippen LogP contribution in [0.4, 0.5) is 0 Å². The molecule has 22 heavy (non-hydrogen) atoms. The molecule has 0 aromatic heterocycles. The third kappa shape index (κ3) is 3.23. The predicted molar refractivity (Wildman–Crippen MR) is 78.7 cm³/mol. The van der Waals surface area contributed by atoms with E-state index < -0.39 is 16.0 Å². The van der Waals surface area contributed by atoms with Gasteiger partial charge in [-0.05, 0) is 32.0 Å². The summed E-state index contributed by atoms with van der Waals surface area (Å²) in [6.45, 7) is 4.02. The van der Waals surface area contributed by atoms with Crippen LogP contribution in [0.15, 0.2) is 23.1 Å². The van der Waals surface area contributed by atoms with Crippen LogP contribution in [0.2, 0.25) is 0 Å². The van der Waals surface area contributed by atoms with Crippen LogP contribution in [0.1, 0.15) is 24.2 Å². The molecule has 2 unspecified atom stereocenters. The molecule has 0 aliphatic carbocycles. The molecule has 0 amide bonds. The molecule has 1 aromatic rings. The molecule has 0 spiro atoms. The number of aromatic carboxylic acids is 1.